The van der Waals surface area contributed by atoms with Gasteiger partial charge >= 0.3 is 6.18 Å². The molecule has 39 heavy (non-hydrogen) atoms. The van der Waals surface area contributed by atoms with Crippen LogP contribution in [0.4, 0.5) is 24.5 Å². The van der Waals surface area contributed by atoms with Crippen LogP contribution in [0.1, 0.15) is 30.5 Å². The number of carbonyl (C=O) groups excluding carboxylic acids is 1. The number of nitrogens with zero attached hydrogens (tertiary/aromatic N) is 2. The third-order valence-corrected chi connectivity index (χ3v) is 5.41. The second-order valence-electron chi connectivity index (χ2n) is 8.65. The number of halogens is 3. The number of allylic oxidation sites excluding steroid dienone is 1. The monoisotopic (exact) mass is 541 g/mol. The minimum atomic E-state index is -4.48. The molecular weight excluding hydrogens is 511 g/mol. The summed E-state index contributed by atoms with van der Waals surface area (Å²) in [4.78, 5) is 20.6. The summed E-state index contributed by atoms with van der Waals surface area (Å²) in [5.41, 5.74) is 19.1. The Balaban J connectivity index is 1.88. The number of para-hydroxylation sites is 1. The Hall–Kier alpha value is -4.42. The summed E-state index contributed by atoms with van der Waals surface area (Å²) in [6.45, 7) is 3.78. The third kappa shape index (κ3) is 8.55. The van der Waals surface area contributed by atoms with E-state index < -0.39 is 29.9 Å². The van der Waals surface area contributed by atoms with Crippen LogP contribution in [-0.4, -0.2) is 28.8 Å². The van der Waals surface area contributed by atoms with E-state index in [9.17, 15) is 18.0 Å². The molecule has 3 rings (SSSR count). The molecule has 0 aliphatic heterocycles. The van der Waals surface area contributed by atoms with E-state index in [1.54, 1.807) is 37.5 Å². The number of hydrogen-bond donors (Lipinski definition) is 5. The van der Waals surface area contributed by atoms with Crippen molar-refractivity contribution in [2.75, 3.05) is 11.1 Å². The Labute approximate surface area is 224 Å². The van der Waals surface area contributed by atoms with Crippen molar-refractivity contribution in [1.82, 2.24) is 10.3 Å². The molecule has 3 aromatic rings. The van der Waals surface area contributed by atoms with Crippen molar-refractivity contribution in [2.24, 2.45) is 16.5 Å². The van der Waals surface area contributed by atoms with Gasteiger partial charge in [0, 0.05) is 25.0 Å². The molecule has 0 saturated carbocycles. The quantitative estimate of drug-likeness (QED) is 0.149. The second kappa shape index (κ2) is 12.9. The Morgan fingerprint density at radius 1 is 1.13 bits per heavy atom. The van der Waals surface area contributed by atoms with Crippen LogP contribution >= 0.6 is 0 Å². The van der Waals surface area contributed by atoms with E-state index >= 15 is 0 Å². The minimum Gasteiger partial charge on any atom is -0.439 e. The number of aromatic nitrogens is 1. The fourth-order valence-corrected chi connectivity index (χ4v) is 3.33. The first-order valence-corrected chi connectivity index (χ1v) is 11.9. The largest absolute Gasteiger partial charge is 0.439 e. The van der Waals surface area contributed by atoms with Crippen LogP contribution in [0.2, 0.25) is 0 Å². The fraction of sp³-hybridized carbons (Fsp3) is 0.222. The zero-order valence-electron chi connectivity index (χ0n) is 21.4. The first-order chi connectivity index (χ1) is 18.4. The molecule has 1 heterocycles. The van der Waals surface area contributed by atoms with Crippen molar-refractivity contribution < 1.29 is 22.7 Å². The number of aliphatic imine (C=N–C) groups is 1. The van der Waals surface area contributed by atoms with E-state index in [1.165, 1.54) is 25.1 Å². The number of nitrogens with one attached hydrogen (secondary N) is 2. The number of nitrogens with two attached hydrogens (primary N) is 3. The SMILES string of the molecule is CC(/N=C(\C=C(/N)Oc1cccc(NC(=O)C(C)N)c1N)c1ccc(C(F)(F)F)cc1)NCc1cccnc1. The van der Waals surface area contributed by atoms with Crippen LogP contribution in [0.15, 0.2) is 83.9 Å². The number of alkyl halides is 3. The van der Waals surface area contributed by atoms with Crippen LogP contribution in [0.3, 0.4) is 0 Å². The molecule has 0 saturated heterocycles. The maximum atomic E-state index is 13.1. The summed E-state index contributed by atoms with van der Waals surface area (Å²) < 4.78 is 45.0. The fourth-order valence-electron chi connectivity index (χ4n) is 3.33. The number of nitrogen functional groups attached to an aromatic ring is 1. The van der Waals surface area contributed by atoms with E-state index in [4.69, 9.17) is 21.9 Å². The van der Waals surface area contributed by atoms with Crippen LogP contribution in [0.25, 0.3) is 0 Å². The minimum absolute atomic E-state index is 0.113. The summed E-state index contributed by atoms with van der Waals surface area (Å²) in [5, 5.41) is 5.82. The molecule has 12 heteroatoms. The van der Waals surface area contributed by atoms with E-state index in [0.717, 1.165) is 17.7 Å². The van der Waals surface area contributed by atoms with Crippen LogP contribution < -0.4 is 32.6 Å². The first-order valence-electron chi connectivity index (χ1n) is 11.9. The van der Waals surface area contributed by atoms with Gasteiger partial charge in [-0.15, -0.1) is 0 Å². The Bertz CT molecular complexity index is 1330. The summed E-state index contributed by atoms with van der Waals surface area (Å²) in [6, 6.07) is 12.2. The highest BCUT2D eigenvalue weighted by atomic mass is 19.4. The van der Waals surface area contributed by atoms with Gasteiger partial charge in [0.2, 0.25) is 5.91 Å². The van der Waals surface area contributed by atoms with Gasteiger partial charge in [-0.05, 0) is 55.3 Å². The molecule has 0 spiro atoms. The number of anilines is 2. The molecule has 1 amide bonds. The smallest absolute Gasteiger partial charge is 0.416 e. The maximum Gasteiger partial charge on any atom is 0.416 e. The molecule has 2 aromatic carbocycles. The first kappa shape index (κ1) is 29.1. The van der Waals surface area contributed by atoms with Gasteiger partial charge in [-0.2, -0.15) is 13.2 Å². The number of carbonyl (C=O) groups is 1. The van der Waals surface area contributed by atoms with E-state index in [0.29, 0.717) is 12.1 Å². The Morgan fingerprint density at radius 2 is 1.85 bits per heavy atom. The lowest BCUT2D eigenvalue weighted by Crippen LogP contribution is -2.32. The number of rotatable bonds is 10. The average molecular weight is 542 g/mol. The van der Waals surface area contributed by atoms with Crippen LogP contribution in [-0.2, 0) is 17.5 Å². The van der Waals surface area contributed by atoms with Gasteiger partial charge in [0.25, 0.3) is 0 Å². The number of hydrogen-bond acceptors (Lipinski definition) is 8. The van der Waals surface area contributed by atoms with Crippen LogP contribution in [0.5, 0.6) is 5.75 Å². The zero-order chi connectivity index (χ0) is 28.6. The predicted molar refractivity (Wildman–Crippen MR) is 145 cm³/mol. The molecular formula is C27H30F3N7O2. The van der Waals surface area contributed by atoms with Crippen molar-refractivity contribution in [3.63, 3.8) is 0 Å². The van der Waals surface area contributed by atoms with Gasteiger partial charge in [-0.25, -0.2) is 0 Å². The number of amides is 1. The summed E-state index contributed by atoms with van der Waals surface area (Å²) in [6.07, 6.45) is -0.172. The highest BCUT2D eigenvalue weighted by Crippen LogP contribution is 2.31. The molecule has 2 atom stereocenters. The second-order valence-corrected chi connectivity index (χ2v) is 8.65. The normalized spacial score (nSPS) is 14.0. The predicted octanol–water partition coefficient (Wildman–Crippen LogP) is 3.77. The van der Waals surface area contributed by atoms with Crippen molar-refractivity contribution in [3.8, 4) is 5.75 Å². The standard InChI is InChI=1S/C27H30F3N7O2/c1-16(31)26(38)37-21-6-3-7-23(25(21)33)39-24(32)13-22(19-8-10-20(11-9-19)27(28,29)30)36-17(2)35-15-18-5-4-12-34-14-18/h3-14,16-17,35H,15,31-33H2,1-2H3,(H,37,38)/b24-13+,36-22+. The summed E-state index contributed by atoms with van der Waals surface area (Å²) in [7, 11) is 0. The lowest BCUT2D eigenvalue weighted by atomic mass is 10.1. The number of pyridine rings is 1. The summed E-state index contributed by atoms with van der Waals surface area (Å²) in [5.74, 6) is -0.414. The van der Waals surface area contributed by atoms with Crippen molar-refractivity contribution >= 4 is 23.0 Å². The zero-order valence-corrected chi connectivity index (χ0v) is 21.4. The number of ether oxygens (including phenoxy) is 1. The van der Waals surface area contributed by atoms with Gasteiger partial charge in [-0.3, -0.25) is 20.1 Å². The van der Waals surface area contributed by atoms with Crippen molar-refractivity contribution in [1.29, 1.82) is 0 Å². The molecule has 0 aliphatic rings. The van der Waals surface area contributed by atoms with Crippen molar-refractivity contribution in [3.05, 3.63) is 95.6 Å². The van der Waals surface area contributed by atoms with Crippen LogP contribution in [0, 0.1) is 0 Å². The summed E-state index contributed by atoms with van der Waals surface area (Å²) >= 11 is 0. The molecule has 9 nitrogen and oxygen atoms in total. The topological polar surface area (TPSA) is 154 Å². The highest BCUT2D eigenvalue weighted by molar-refractivity contribution is 6.09. The maximum absolute atomic E-state index is 13.1. The Morgan fingerprint density at radius 3 is 2.46 bits per heavy atom. The molecule has 206 valence electrons. The van der Waals surface area contributed by atoms with E-state index in [-0.39, 0.29) is 28.7 Å². The lowest BCUT2D eigenvalue weighted by Gasteiger charge is -2.15. The van der Waals surface area contributed by atoms with Gasteiger partial charge in [0.1, 0.15) is 0 Å². The highest BCUT2D eigenvalue weighted by Gasteiger charge is 2.30. The number of benzene rings is 2. The molecule has 2 unspecified atom stereocenters. The average Bonchev–Trinajstić information content (AvgIpc) is 2.89. The van der Waals surface area contributed by atoms with E-state index in [1.807, 2.05) is 12.1 Å². The lowest BCUT2D eigenvalue weighted by molar-refractivity contribution is -0.137. The van der Waals surface area contributed by atoms with Gasteiger partial charge in [-0.1, -0.05) is 24.3 Å². The molecule has 8 N–H and O–H groups in total. The molecule has 1 aromatic heterocycles. The van der Waals surface area contributed by atoms with Gasteiger partial charge in [0.05, 0.1) is 34.9 Å². The van der Waals surface area contributed by atoms with Crippen molar-refractivity contribution in [2.45, 2.75) is 38.8 Å². The molecule has 0 radical (unpaired) electrons. The molecule has 0 aliphatic carbocycles. The third-order valence-electron chi connectivity index (χ3n) is 5.41. The van der Waals surface area contributed by atoms with E-state index in [2.05, 4.69) is 20.6 Å². The van der Waals surface area contributed by atoms with Gasteiger partial charge < -0.3 is 27.3 Å². The van der Waals surface area contributed by atoms with Gasteiger partial charge in [0.15, 0.2) is 11.6 Å². The Kier molecular flexibility index (Phi) is 9.63. The molecule has 0 fully saturated rings. The molecule has 0 bridgehead atoms.